The third kappa shape index (κ3) is 7.70. The zero-order valence-electron chi connectivity index (χ0n) is 17.4. The number of benzene rings is 2. The van der Waals surface area contributed by atoms with Crippen LogP contribution in [0.2, 0.25) is 0 Å². The van der Waals surface area contributed by atoms with Crippen LogP contribution in [0.3, 0.4) is 0 Å². The first-order chi connectivity index (χ1) is 12.9. The quantitative estimate of drug-likeness (QED) is 0.518. The fourth-order valence-corrected chi connectivity index (χ4v) is 3.01. The molecule has 0 fully saturated rings. The number of ether oxygens (including phenoxy) is 2. The highest BCUT2D eigenvalue weighted by Crippen LogP contribution is 2.26. The van der Waals surface area contributed by atoms with Gasteiger partial charge in [0.25, 0.3) is 0 Å². The number of hydrogen-bond donors (Lipinski definition) is 2. The van der Waals surface area contributed by atoms with Crippen molar-refractivity contribution in [3.8, 4) is 11.5 Å². The molecule has 2 N–H and O–H groups in total. The van der Waals surface area contributed by atoms with Crippen LogP contribution >= 0.6 is 12.4 Å². The predicted molar refractivity (Wildman–Crippen MR) is 118 cm³/mol. The normalized spacial score (nSPS) is 12.2. The van der Waals surface area contributed by atoms with Crippen molar-refractivity contribution in [2.24, 2.45) is 0 Å². The Morgan fingerprint density at radius 2 is 1.75 bits per heavy atom. The minimum absolute atomic E-state index is 0. The van der Waals surface area contributed by atoms with Gasteiger partial charge in [0.2, 0.25) is 0 Å². The van der Waals surface area contributed by atoms with E-state index in [-0.39, 0.29) is 17.9 Å². The van der Waals surface area contributed by atoms with E-state index in [0.29, 0.717) is 13.2 Å². The molecule has 156 valence electrons. The molecule has 0 spiro atoms. The maximum Gasteiger partial charge on any atom is 0.125 e. The maximum absolute atomic E-state index is 10.7. The van der Waals surface area contributed by atoms with Crippen LogP contribution in [0.5, 0.6) is 11.5 Å². The molecule has 1 unspecified atom stereocenters. The molecule has 0 aliphatic heterocycles. The average Bonchev–Trinajstić information content (AvgIpc) is 2.67. The van der Waals surface area contributed by atoms with Gasteiger partial charge in [-0.15, -0.1) is 12.4 Å². The SMILES string of the molecule is CCCCOc1ccccc1C(O)CNC(C)(C)Cc1ccc(OC)cc1.Cl. The number of aliphatic hydroxyl groups is 1. The van der Waals surface area contributed by atoms with E-state index in [0.717, 1.165) is 36.3 Å². The number of nitrogens with one attached hydrogen (secondary N) is 1. The topological polar surface area (TPSA) is 50.7 Å². The number of aliphatic hydroxyl groups excluding tert-OH is 1. The van der Waals surface area contributed by atoms with Crippen molar-refractivity contribution in [1.82, 2.24) is 5.32 Å². The molecule has 0 bridgehead atoms. The van der Waals surface area contributed by atoms with Crippen LogP contribution in [0.25, 0.3) is 0 Å². The Labute approximate surface area is 175 Å². The van der Waals surface area contributed by atoms with Crippen molar-refractivity contribution < 1.29 is 14.6 Å². The monoisotopic (exact) mass is 407 g/mol. The molecule has 1 atom stereocenters. The fraction of sp³-hybridized carbons (Fsp3) is 0.478. The molecule has 4 nitrogen and oxygen atoms in total. The largest absolute Gasteiger partial charge is 0.497 e. The number of halogens is 1. The zero-order valence-corrected chi connectivity index (χ0v) is 18.2. The minimum Gasteiger partial charge on any atom is -0.497 e. The van der Waals surface area contributed by atoms with Gasteiger partial charge in [-0.25, -0.2) is 0 Å². The molecular formula is C23H34ClNO3. The van der Waals surface area contributed by atoms with E-state index in [1.54, 1.807) is 7.11 Å². The van der Waals surface area contributed by atoms with Crippen LogP contribution in [-0.4, -0.2) is 30.9 Å². The molecule has 0 aliphatic rings. The van der Waals surface area contributed by atoms with Gasteiger partial charge in [-0.05, 0) is 50.5 Å². The van der Waals surface area contributed by atoms with E-state index in [9.17, 15) is 5.11 Å². The average molecular weight is 408 g/mol. The van der Waals surface area contributed by atoms with Crippen molar-refractivity contribution >= 4 is 12.4 Å². The second-order valence-corrected chi connectivity index (χ2v) is 7.55. The molecule has 2 rings (SSSR count). The summed E-state index contributed by atoms with van der Waals surface area (Å²) in [5, 5.41) is 14.2. The summed E-state index contributed by atoms with van der Waals surface area (Å²) in [6, 6.07) is 15.9. The molecule has 0 radical (unpaired) electrons. The van der Waals surface area contributed by atoms with Crippen LogP contribution in [0.15, 0.2) is 48.5 Å². The summed E-state index contributed by atoms with van der Waals surface area (Å²) in [6.07, 6.45) is 2.35. The Morgan fingerprint density at radius 3 is 2.39 bits per heavy atom. The van der Waals surface area contributed by atoms with Gasteiger partial charge in [-0.2, -0.15) is 0 Å². The third-order valence-electron chi connectivity index (χ3n) is 4.61. The zero-order chi connectivity index (χ0) is 19.7. The van der Waals surface area contributed by atoms with Gasteiger partial charge < -0.3 is 19.9 Å². The number of rotatable bonds is 11. The van der Waals surface area contributed by atoms with Gasteiger partial charge in [0.05, 0.1) is 19.8 Å². The molecular weight excluding hydrogens is 374 g/mol. The van der Waals surface area contributed by atoms with E-state index < -0.39 is 6.10 Å². The molecule has 5 heteroatoms. The third-order valence-corrected chi connectivity index (χ3v) is 4.61. The molecule has 2 aromatic rings. The van der Waals surface area contributed by atoms with E-state index in [1.165, 1.54) is 5.56 Å². The highest BCUT2D eigenvalue weighted by atomic mass is 35.5. The summed E-state index contributed by atoms with van der Waals surface area (Å²) in [5.41, 5.74) is 1.92. The highest BCUT2D eigenvalue weighted by molar-refractivity contribution is 5.85. The summed E-state index contributed by atoms with van der Waals surface area (Å²) in [7, 11) is 1.67. The van der Waals surface area contributed by atoms with Gasteiger partial charge >= 0.3 is 0 Å². The lowest BCUT2D eigenvalue weighted by Gasteiger charge is -2.28. The first-order valence-electron chi connectivity index (χ1n) is 9.73. The molecule has 28 heavy (non-hydrogen) atoms. The Morgan fingerprint density at radius 1 is 1.07 bits per heavy atom. The first-order valence-corrected chi connectivity index (χ1v) is 9.73. The first kappa shape index (κ1) is 24.3. The van der Waals surface area contributed by atoms with Crippen LogP contribution < -0.4 is 14.8 Å². The van der Waals surface area contributed by atoms with E-state index in [1.807, 2.05) is 36.4 Å². The summed E-state index contributed by atoms with van der Waals surface area (Å²) >= 11 is 0. The van der Waals surface area contributed by atoms with Crippen molar-refractivity contribution in [3.63, 3.8) is 0 Å². The Bertz CT molecular complexity index is 689. The van der Waals surface area contributed by atoms with Gasteiger partial charge in [-0.1, -0.05) is 43.7 Å². The lowest BCUT2D eigenvalue weighted by Crippen LogP contribution is -2.43. The molecule has 0 saturated carbocycles. The number of methoxy groups -OCH3 is 1. The van der Waals surface area contributed by atoms with Gasteiger partial charge in [-0.3, -0.25) is 0 Å². The molecule has 2 aromatic carbocycles. The second-order valence-electron chi connectivity index (χ2n) is 7.55. The van der Waals surface area contributed by atoms with Crippen molar-refractivity contribution in [2.75, 3.05) is 20.3 Å². The van der Waals surface area contributed by atoms with Gasteiger partial charge in [0.15, 0.2) is 0 Å². The Balaban J connectivity index is 0.00000392. The lowest BCUT2D eigenvalue weighted by atomic mass is 9.94. The van der Waals surface area contributed by atoms with E-state index >= 15 is 0 Å². The van der Waals surface area contributed by atoms with Crippen molar-refractivity contribution in [1.29, 1.82) is 0 Å². The lowest BCUT2D eigenvalue weighted by molar-refractivity contribution is 0.155. The molecule has 0 aliphatic carbocycles. The van der Waals surface area contributed by atoms with Crippen molar-refractivity contribution in [3.05, 3.63) is 59.7 Å². The summed E-state index contributed by atoms with van der Waals surface area (Å²) in [6.45, 7) is 7.58. The van der Waals surface area contributed by atoms with Gasteiger partial charge in [0, 0.05) is 17.6 Å². The summed E-state index contributed by atoms with van der Waals surface area (Å²) in [4.78, 5) is 0. The van der Waals surface area contributed by atoms with Crippen LogP contribution in [0.1, 0.15) is 50.8 Å². The van der Waals surface area contributed by atoms with E-state index in [4.69, 9.17) is 9.47 Å². The summed E-state index contributed by atoms with van der Waals surface area (Å²) in [5.74, 6) is 1.63. The van der Waals surface area contributed by atoms with E-state index in [2.05, 4.69) is 38.2 Å². The molecule has 0 aromatic heterocycles. The molecule has 0 amide bonds. The molecule has 0 saturated heterocycles. The Kier molecular flexibility index (Phi) is 10.4. The Hall–Kier alpha value is -1.75. The smallest absolute Gasteiger partial charge is 0.125 e. The highest BCUT2D eigenvalue weighted by Gasteiger charge is 2.21. The predicted octanol–water partition coefficient (Wildman–Crippen LogP) is 4.94. The number of hydrogen-bond acceptors (Lipinski definition) is 4. The standard InChI is InChI=1S/C23H33NO3.ClH/c1-5-6-15-27-22-10-8-7-9-20(22)21(25)17-24-23(2,3)16-18-11-13-19(26-4)14-12-18;/h7-14,21,24-25H,5-6,15-17H2,1-4H3;1H. The minimum atomic E-state index is -0.613. The molecule has 0 heterocycles. The fourth-order valence-electron chi connectivity index (χ4n) is 3.01. The van der Waals surface area contributed by atoms with Crippen LogP contribution in [0.4, 0.5) is 0 Å². The van der Waals surface area contributed by atoms with Gasteiger partial charge in [0.1, 0.15) is 11.5 Å². The number of β-amino-alcohol motifs (C(OH)–C–C–N with tert-alkyl or cyclic N) is 1. The maximum atomic E-state index is 10.7. The van der Waals surface area contributed by atoms with Crippen LogP contribution in [-0.2, 0) is 6.42 Å². The summed E-state index contributed by atoms with van der Waals surface area (Å²) < 4.78 is 11.1. The van der Waals surface area contributed by atoms with Crippen molar-refractivity contribution in [2.45, 2.75) is 51.7 Å². The number of para-hydroxylation sites is 1. The second kappa shape index (κ2) is 11.9. The van der Waals surface area contributed by atoms with Crippen LogP contribution in [0, 0.1) is 0 Å². The number of unbranched alkanes of at least 4 members (excludes halogenated alkanes) is 1.